The molecule has 8 rings (SSSR count). The minimum atomic E-state index is -1.88. The van der Waals surface area contributed by atoms with Gasteiger partial charge in [-0.25, -0.2) is 0 Å². The summed E-state index contributed by atoms with van der Waals surface area (Å²) in [7, 11) is 0. The number of ether oxygens (including phenoxy) is 6. The minimum Gasteiger partial charge on any atom is -0.432 e. The van der Waals surface area contributed by atoms with Crippen LogP contribution < -0.4 is 0 Å². The third kappa shape index (κ3) is 7.86. The number of aliphatic hydroxyl groups excluding tert-OH is 11. The molecule has 3 saturated heterocycles. The van der Waals surface area contributed by atoms with Crippen molar-refractivity contribution in [3.05, 3.63) is 11.6 Å². The van der Waals surface area contributed by atoms with Gasteiger partial charge in [-0.15, -0.1) is 0 Å². The average molecular weight is 945 g/mol. The van der Waals surface area contributed by atoms with E-state index in [4.69, 9.17) is 28.4 Å². The highest BCUT2D eigenvalue weighted by atomic mass is 16.8. The number of allylic oxidation sites excluding steroid dienone is 2. The normalized spacial score (nSPS) is 56.2. The quantitative estimate of drug-likeness (QED) is 0.0961. The van der Waals surface area contributed by atoms with E-state index in [9.17, 15) is 66.1 Å². The zero-order chi connectivity index (χ0) is 48.3. The van der Waals surface area contributed by atoms with E-state index in [1.54, 1.807) is 6.92 Å². The molecule has 0 spiro atoms. The molecule has 0 aromatic rings. The van der Waals surface area contributed by atoms with E-state index in [0.29, 0.717) is 32.1 Å². The lowest BCUT2D eigenvalue weighted by molar-refractivity contribution is -0.361. The first-order valence-corrected chi connectivity index (χ1v) is 24.1. The molecular formula is C47H76O19. The fraction of sp³-hybridized carbons (Fsp3) is 0.936. The van der Waals surface area contributed by atoms with Crippen molar-refractivity contribution in [2.45, 2.75) is 210 Å². The van der Waals surface area contributed by atoms with Crippen LogP contribution in [0.25, 0.3) is 0 Å². The first-order chi connectivity index (χ1) is 30.8. The lowest BCUT2D eigenvalue weighted by Gasteiger charge is -2.71. The van der Waals surface area contributed by atoms with Crippen LogP contribution in [0.5, 0.6) is 0 Å². The number of carbonyl (C=O) groups is 1. The van der Waals surface area contributed by atoms with E-state index in [1.165, 1.54) is 6.92 Å². The second kappa shape index (κ2) is 18.0. The smallest absolute Gasteiger partial charge is 0.315 e. The Morgan fingerprint density at radius 3 is 2.02 bits per heavy atom. The van der Waals surface area contributed by atoms with Crippen LogP contribution in [0.1, 0.15) is 106 Å². The average Bonchev–Trinajstić information content (AvgIpc) is 3.27. The predicted octanol–water partition coefficient (Wildman–Crippen LogP) is -1.13. The standard InChI is InChI=1S/C47H76O19/c1-21-29(51)31(53)34(56)39(62-21)65-37-24(18-48)63-38(36(58)33(37)55)61-19-25-30(52)32(54)35(57)40(64-25)66-41(59)47-15-13-42(2,60)17-23(47)22-7-8-27-43(3)11-10-28(50)44(4,20-49)26(43)9-12-46(27,6)45(22,5)14-16-47/h7,21,23-40,48-58,60H,8-20H2,1-6H3/t21-,23-,24+,25+,26+,27+,28-,29-,30+,31+,32-,33+,34+,35+,36+,37+,38+,39-,40-,42+,43-,44-,45+,46+,47-/m0/s1. The van der Waals surface area contributed by atoms with Crippen LogP contribution in [0, 0.1) is 44.8 Å². The van der Waals surface area contributed by atoms with Crippen molar-refractivity contribution in [3.63, 3.8) is 0 Å². The van der Waals surface area contributed by atoms with Crippen molar-refractivity contribution in [1.29, 1.82) is 0 Å². The number of rotatable bonds is 9. The molecule has 19 nitrogen and oxygen atoms in total. The van der Waals surface area contributed by atoms with Gasteiger partial charge < -0.3 is 89.7 Å². The van der Waals surface area contributed by atoms with Crippen molar-refractivity contribution in [2.24, 2.45) is 44.8 Å². The summed E-state index contributed by atoms with van der Waals surface area (Å²) < 4.78 is 34.5. The number of hydrogen-bond acceptors (Lipinski definition) is 19. The Bertz CT molecular complexity index is 1800. The van der Waals surface area contributed by atoms with Crippen molar-refractivity contribution in [1.82, 2.24) is 0 Å². The van der Waals surface area contributed by atoms with Gasteiger partial charge in [0.15, 0.2) is 12.6 Å². The summed E-state index contributed by atoms with van der Waals surface area (Å²) >= 11 is 0. The fourth-order valence-corrected chi connectivity index (χ4v) is 14.7. The topological polar surface area (TPSA) is 315 Å². The lowest BCUT2D eigenvalue weighted by atomic mass is 9.33. The molecule has 8 aliphatic rings. The van der Waals surface area contributed by atoms with Crippen molar-refractivity contribution in [2.75, 3.05) is 19.8 Å². The van der Waals surface area contributed by atoms with Crippen LogP contribution in [-0.4, -0.2) is 191 Å². The molecule has 12 N–H and O–H groups in total. The van der Waals surface area contributed by atoms with E-state index < -0.39 is 140 Å². The molecule has 0 aromatic carbocycles. The van der Waals surface area contributed by atoms with E-state index in [2.05, 4.69) is 26.8 Å². The Kier molecular flexibility index (Phi) is 13.9. The van der Waals surface area contributed by atoms with Gasteiger partial charge in [0, 0.05) is 5.41 Å². The Balaban J connectivity index is 0.976. The molecule has 3 heterocycles. The van der Waals surface area contributed by atoms with Gasteiger partial charge in [0.2, 0.25) is 6.29 Å². The van der Waals surface area contributed by atoms with Gasteiger partial charge in [-0.1, -0.05) is 39.3 Å². The van der Waals surface area contributed by atoms with E-state index in [1.807, 2.05) is 6.92 Å². The molecule has 3 aliphatic heterocycles. The molecule has 378 valence electrons. The molecule has 25 atom stereocenters. The number of fused-ring (bicyclic) bond motifs is 7. The molecule has 0 radical (unpaired) electrons. The number of hydrogen-bond donors (Lipinski definition) is 12. The summed E-state index contributed by atoms with van der Waals surface area (Å²) in [5, 5.41) is 130. The summed E-state index contributed by atoms with van der Waals surface area (Å²) in [5.74, 6) is -0.737. The van der Waals surface area contributed by atoms with E-state index in [-0.39, 0.29) is 41.1 Å². The number of esters is 1. The van der Waals surface area contributed by atoms with Crippen LogP contribution in [0.2, 0.25) is 0 Å². The summed E-state index contributed by atoms with van der Waals surface area (Å²) in [6, 6.07) is 0. The molecule has 0 aromatic heterocycles. The molecule has 66 heavy (non-hydrogen) atoms. The summed E-state index contributed by atoms with van der Waals surface area (Å²) in [6.07, 6.45) is -17.0. The zero-order valence-electron chi connectivity index (χ0n) is 39.0. The first-order valence-electron chi connectivity index (χ1n) is 24.1. The molecule has 4 saturated carbocycles. The fourth-order valence-electron chi connectivity index (χ4n) is 14.7. The van der Waals surface area contributed by atoms with Crippen molar-refractivity contribution in [3.8, 4) is 0 Å². The number of carbonyl (C=O) groups excluding carboxylic acids is 1. The Hall–Kier alpha value is -1.47. The maximum Gasteiger partial charge on any atom is 0.315 e. The van der Waals surface area contributed by atoms with Gasteiger partial charge in [0.25, 0.3) is 0 Å². The van der Waals surface area contributed by atoms with Gasteiger partial charge in [-0.2, -0.15) is 0 Å². The minimum absolute atomic E-state index is 0.0877. The summed E-state index contributed by atoms with van der Waals surface area (Å²) in [6.45, 7) is 10.7. The zero-order valence-corrected chi connectivity index (χ0v) is 39.0. The van der Waals surface area contributed by atoms with Gasteiger partial charge >= 0.3 is 5.97 Å². The van der Waals surface area contributed by atoms with Crippen molar-refractivity contribution >= 4 is 5.97 Å². The van der Waals surface area contributed by atoms with Gasteiger partial charge in [-0.05, 0) is 112 Å². The molecule has 7 fully saturated rings. The van der Waals surface area contributed by atoms with Crippen molar-refractivity contribution < 1.29 is 94.5 Å². The molecule has 0 bridgehead atoms. The summed E-state index contributed by atoms with van der Waals surface area (Å²) in [4.78, 5) is 14.9. The lowest BCUT2D eigenvalue weighted by Crippen LogP contribution is -2.66. The number of aliphatic hydroxyl groups is 12. The summed E-state index contributed by atoms with van der Waals surface area (Å²) in [5.41, 5.74) is -2.43. The monoisotopic (exact) mass is 944 g/mol. The van der Waals surface area contributed by atoms with Crippen LogP contribution in [0.3, 0.4) is 0 Å². The molecule has 0 unspecified atom stereocenters. The van der Waals surface area contributed by atoms with E-state index in [0.717, 1.165) is 31.3 Å². The Labute approximate surface area is 385 Å². The highest BCUT2D eigenvalue weighted by Gasteiger charge is 2.70. The third-order valence-corrected chi connectivity index (χ3v) is 19.1. The second-order valence-electron chi connectivity index (χ2n) is 22.7. The first kappa shape index (κ1) is 50.9. The Morgan fingerprint density at radius 2 is 1.33 bits per heavy atom. The third-order valence-electron chi connectivity index (χ3n) is 19.1. The van der Waals surface area contributed by atoms with Crippen LogP contribution in [0.4, 0.5) is 0 Å². The molecule has 0 amide bonds. The SMILES string of the molecule is C[C@@H]1O[C@@H](O[C@H]2[C@H](O)[C@@H](O)[C@H](OC[C@H]3O[C@@H](OC(=O)[C@]45CC[C@@](C)(O)C[C@H]4C4=CC[C@@H]6[C@@]7(C)CC[C@H](O)[C@@](C)(CO)[C@@H]7CC[C@@]6(C)[C@]4(C)CC5)[C@H](O)[C@@H](O)[C@@H]3O)O[C@@H]2CO)[C@H](O)[C@H](O)[C@H]1O. The van der Waals surface area contributed by atoms with Crippen LogP contribution >= 0.6 is 0 Å². The highest BCUT2D eigenvalue weighted by molar-refractivity contribution is 5.79. The highest BCUT2D eigenvalue weighted by Crippen LogP contribution is 2.75. The molecule has 19 heteroatoms. The van der Waals surface area contributed by atoms with Gasteiger partial charge in [0.05, 0.1) is 43.0 Å². The van der Waals surface area contributed by atoms with Crippen LogP contribution in [0.15, 0.2) is 11.6 Å². The van der Waals surface area contributed by atoms with Gasteiger partial charge in [0.1, 0.15) is 67.1 Å². The predicted molar refractivity (Wildman–Crippen MR) is 227 cm³/mol. The largest absolute Gasteiger partial charge is 0.432 e. The maximum absolute atomic E-state index is 14.9. The second-order valence-corrected chi connectivity index (χ2v) is 22.7. The molecule has 5 aliphatic carbocycles. The maximum atomic E-state index is 14.9. The van der Waals surface area contributed by atoms with Crippen LogP contribution in [-0.2, 0) is 33.2 Å². The molecular weight excluding hydrogens is 868 g/mol. The van der Waals surface area contributed by atoms with Gasteiger partial charge in [-0.3, -0.25) is 4.79 Å². The Morgan fingerprint density at radius 1 is 0.697 bits per heavy atom. The van der Waals surface area contributed by atoms with E-state index >= 15 is 0 Å².